The average molecular weight is 323 g/mol. The maximum atomic E-state index is 12.5. The molecule has 2 atom stereocenters. The molecule has 3 nitrogen and oxygen atoms in total. The third-order valence-corrected chi connectivity index (χ3v) is 5.59. The number of carbonyl (C=O) groups excluding carboxylic acids is 1. The molecule has 112 valence electrons. The molecule has 0 bridgehead atoms. The van der Waals surface area contributed by atoms with Crippen molar-refractivity contribution >= 4 is 44.6 Å². The van der Waals surface area contributed by atoms with E-state index in [2.05, 4.69) is 12.2 Å². The Hall–Kier alpha value is -1.26. The van der Waals surface area contributed by atoms with Crippen molar-refractivity contribution in [2.24, 2.45) is 5.92 Å². The molecule has 2 aromatic rings. The number of benzene rings is 1. The van der Waals surface area contributed by atoms with Crippen LogP contribution in [0.2, 0.25) is 5.02 Å². The zero-order valence-electron chi connectivity index (χ0n) is 12.0. The van der Waals surface area contributed by atoms with Crippen molar-refractivity contribution in [2.45, 2.75) is 38.6 Å². The number of nitrogen functional groups attached to an aromatic ring is 1. The fourth-order valence-corrected chi connectivity index (χ4v) is 4.25. The second kappa shape index (κ2) is 5.85. The molecule has 1 aromatic carbocycles. The van der Waals surface area contributed by atoms with Crippen molar-refractivity contribution in [3.05, 3.63) is 28.1 Å². The Morgan fingerprint density at radius 1 is 1.43 bits per heavy atom. The molecule has 5 heteroatoms. The SMILES string of the molecule is CC1CCCC(NC(=O)c2sc3ccc(Cl)cc3c2N)C1. The van der Waals surface area contributed by atoms with Crippen LogP contribution in [-0.2, 0) is 0 Å². The Bertz CT molecular complexity index is 682. The number of fused-ring (bicyclic) bond motifs is 1. The minimum atomic E-state index is -0.0519. The molecule has 3 rings (SSSR count). The number of halogens is 1. The fraction of sp³-hybridized carbons (Fsp3) is 0.438. The molecule has 0 saturated heterocycles. The minimum Gasteiger partial charge on any atom is -0.397 e. The van der Waals surface area contributed by atoms with Crippen molar-refractivity contribution in [1.82, 2.24) is 5.32 Å². The molecule has 21 heavy (non-hydrogen) atoms. The molecule has 1 saturated carbocycles. The molecule has 1 amide bonds. The third kappa shape index (κ3) is 3.01. The second-order valence-electron chi connectivity index (χ2n) is 5.93. The lowest BCUT2D eigenvalue weighted by molar-refractivity contribution is 0.0926. The Morgan fingerprint density at radius 2 is 2.24 bits per heavy atom. The highest BCUT2D eigenvalue weighted by Crippen LogP contribution is 2.35. The van der Waals surface area contributed by atoms with E-state index in [4.69, 9.17) is 17.3 Å². The number of hydrogen-bond donors (Lipinski definition) is 2. The summed E-state index contributed by atoms with van der Waals surface area (Å²) < 4.78 is 0.999. The maximum Gasteiger partial charge on any atom is 0.263 e. The molecule has 1 fully saturated rings. The highest BCUT2D eigenvalue weighted by atomic mass is 35.5. The van der Waals surface area contributed by atoms with Gasteiger partial charge in [-0.05, 0) is 37.0 Å². The molecule has 1 aromatic heterocycles. The Balaban J connectivity index is 1.82. The van der Waals surface area contributed by atoms with Crippen LogP contribution in [0, 0.1) is 5.92 Å². The van der Waals surface area contributed by atoms with E-state index in [1.54, 1.807) is 0 Å². The summed E-state index contributed by atoms with van der Waals surface area (Å²) in [5.74, 6) is 0.631. The normalized spacial score (nSPS) is 22.4. The van der Waals surface area contributed by atoms with Gasteiger partial charge in [0, 0.05) is 21.2 Å². The van der Waals surface area contributed by atoms with E-state index in [9.17, 15) is 4.79 Å². The number of rotatable bonds is 2. The average Bonchev–Trinajstić information content (AvgIpc) is 2.76. The van der Waals surface area contributed by atoms with E-state index in [0.29, 0.717) is 21.5 Å². The summed E-state index contributed by atoms with van der Waals surface area (Å²) in [5.41, 5.74) is 6.67. The first kappa shape index (κ1) is 14.7. The van der Waals surface area contributed by atoms with Gasteiger partial charge in [0.1, 0.15) is 4.88 Å². The maximum absolute atomic E-state index is 12.5. The number of nitrogens with one attached hydrogen (secondary N) is 1. The summed E-state index contributed by atoms with van der Waals surface area (Å²) in [7, 11) is 0. The summed E-state index contributed by atoms with van der Waals surface area (Å²) in [6, 6.07) is 5.83. The summed E-state index contributed by atoms with van der Waals surface area (Å²) in [5, 5.41) is 4.65. The molecule has 0 aliphatic heterocycles. The number of amides is 1. The van der Waals surface area contributed by atoms with Crippen LogP contribution in [0.15, 0.2) is 18.2 Å². The van der Waals surface area contributed by atoms with Gasteiger partial charge in [0.15, 0.2) is 0 Å². The third-order valence-electron chi connectivity index (χ3n) is 4.17. The molecule has 1 aliphatic carbocycles. The van der Waals surface area contributed by atoms with Crippen LogP contribution in [0.4, 0.5) is 5.69 Å². The number of hydrogen-bond acceptors (Lipinski definition) is 3. The monoisotopic (exact) mass is 322 g/mol. The van der Waals surface area contributed by atoms with Crippen LogP contribution >= 0.6 is 22.9 Å². The first-order chi connectivity index (χ1) is 10.0. The van der Waals surface area contributed by atoms with Crippen molar-refractivity contribution in [2.75, 3.05) is 5.73 Å². The zero-order valence-corrected chi connectivity index (χ0v) is 13.6. The second-order valence-corrected chi connectivity index (χ2v) is 7.42. The van der Waals surface area contributed by atoms with Crippen LogP contribution in [0.3, 0.4) is 0 Å². The van der Waals surface area contributed by atoms with E-state index in [1.165, 1.54) is 24.2 Å². The Labute approximate surface area is 133 Å². The smallest absolute Gasteiger partial charge is 0.263 e. The largest absolute Gasteiger partial charge is 0.397 e. The van der Waals surface area contributed by atoms with E-state index in [1.807, 2.05) is 18.2 Å². The van der Waals surface area contributed by atoms with Crippen LogP contribution in [0.25, 0.3) is 10.1 Å². The Kier molecular flexibility index (Phi) is 4.09. The topological polar surface area (TPSA) is 55.1 Å². The first-order valence-corrected chi connectivity index (χ1v) is 8.52. The van der Waals surface area contributed by atoms with Crippen LogP contribution in [0.5, 0.6) is 0 Å². The van der Waals surface area contributed by atoms with E-state index < -0.39 is 0 Å². The molecular weight excluding hydrogens is 304 g/mol. The quantitative estimate of drug-likeness (QED) is 0.858. The fourth-order valence-electron chi connectivity index (χ4n) is 3.07. The summed E-state index contributed by atoms with van der Waals surface area (Å²) in [6.07, 6.45) is 4.56. The van der Waals surface area contributed by atoms with Gasteiger partial charge in [0.05, 0.1) is 5.69 Å². The van der Waals surface area contributed by atoms with Crippen LogP contribution in [-0.4, -0.2) is 11.9 Å². The molecule has 0 spiro atoms. The predicted molar refractivity (Wildman–Crippen MR) is 90.1 cm³/mol. The lowest BCUT2D eigenvalue weighted by Gasteiger charge is -2.27. The highest BCUT2D eigenvalue weighted by Gasteiger charge is 2.23. The molecule has 2 unspecified atom stereocenters. The van der Waals surface area contributed by atoms with Gasteiger partial charge in [-0.15, -0.1) is 11.3 Å². The highest BCUT2D eigenvalue weighted by molar-refractivity contribution is 7.21. The number of anilines is 1. The van der Waals surface area contributed by atoms with Crippen molar-refractivity contribution in [1.29, 1.82) is 0 Å². The lowest BCUT2D eigenvalue weighted by atomic mass is 9.87. The van der Waals surface area contributed by atoms with Crippen molar-refractivity contribution in [3.63, 3.8) is 0 Å². The molecule has 0 radical (unpaired) electrons. The molecule has 1 aliphatic rings. The summed E-state index contributed by atoms with van der Waals surface area (Å²) in [6.45, 7) is 2.24. The molecule has 3 N–H and O–H groups in total. The Morgan fingerprint density at radius 3 is 3.00 bits per heavy atom. The molecular formula is C16H19ClN2OS. The van der Waals surface area contributed by atoms with Gasteiger partial charge in [-0.3, -0.25) is 4.79 Å². The van der Waals surface area contributed by atoms with E-state index >= 15 is 0 Å². The van der Waals surface area contributed by atoms with E-state index in [-0.39, 0.29) is 11.9 Å². The van der Waals surface area contributed by atoms with Crippen LogP contribution < -0.4 is 11.1 Å². The minimum absolute atomic E-state index is 0.0519. The van der Waals surface area contributed by atoms with Gasteiger partial charge >= 0.3 is 0 Å². The first-order valence-electron chi connectivity index (χ1n) is 7.33. The lowest BCUT2D eigenvalue weighted by Crippen LogP contribution is -2.37. The van der Waals surface area contributed by atoms with Crippen molar-refractivity contribution < 1.29 is 4.79 Å². The number of carbonyl (C=O) groups is 1. The van der Waals surface area contributed by atoms with Gasteiger partial charge in [-0.1, -0.05) is 31.4 Å². The summed E-state index contributed by atoms with van der Waals surface area (Å²) in [4.78, 5) is 13.1. The van der Waals surface area contributed by atoms with E-state index in [0.717, 1.165) is 22.9 Å². The molecule has 1 heterocycles. The van der Waals surface area contributed by atoms with Gasteiger partial charge in [0.2, 0.25) is 0 Å². The zero-order chi connectivity index (χ0) is 15.0. The van der Waals surface area contributed by atoms with Crippen molar-refractivity contribution in [3.8, 4) is 0 Å². The van der Waals surface area contributed by atoms with Crippen LogP contribution in [0.1, 0.15) is 42.3 Å². The standard InChI is InChI=1S/C16H19ClN2OS/c1-9-3-2-4-11(7-9)19-16(20)15-14(18)12-8-10(17)5-6-13(12)21-15/h5-6,8-9,11H,2-4,7,18H2,1H3,(H,19,20). The number of thiophene rings is 1. The van der Waals surface area contributed by atoms with Gasteiger partial charge in [-0.25, -0.2) is 0 Å². The van der Waals surface area contributed by atoms with Gasteiger partial charge < -0.3 is 11.1 Å². The van der Waals surface area contributed by atoms with Gasteiger partial charge in [-0.2, -0.15) is 0 Å². The number of nitrogens with two attached hydrogens (primary N) is 1. The van der Waals surface area contributed by atoms with Gasteiger partial charge in [0.25, 0.3) is 5.91 Å². The summed E-state index contributed by atoms with van der Waals surface area (Å²) >= 11 is 7.43. The predicted octanol–water partition coefficient (Wildman–Crippen LogP) is 4.45.